The third kappa shape index (κ3) is 70.0. The van der Waals surface area contributed by atoms with E-state index in [-0.39, 0.29) is 25.7 Å². The van der Waals surface area contributed by atoms with Crippen molar-refractivity contribution in [1.82, 2.24) is 0 Å². The monoisotopic (exact) mass is 1410 g/mol. The minimum Gasteiger partial charge on any atom is -0.462 e. The molecule has 0 aliphatic rings. The van der Waals surface area contributed by atoms with Gasteiger partial charge in [0.2, 0.25) is 0 Å². The van der Waals surface area contributed by atoms with Crippen molar-refractivity contribution in [2.24, 2.45) is 5.92 Å². The van der Waals surface area contributed by atoms with E-state index in [0.717, 1.165) is 115 Å². The maximum absolute atomic E-state index is 13.1. The fourth-order valence-corrected chi connectivity index (χ4v) is 12.9. The molecule has 0 aliphatic heterocycles. The average molecular weight is 1410 g/mol. The Labute approximate surface area is 586 Å². The molecule has 0 saturated heterocycles. The molecule has 0 heterocycles. The highest BCUT2D eigenvalue weighted by Crippen LogP contribution is 2.45. The molecular formula is C77H146O17P2. The summed E-state index contributed by atoms with van der Waals surface area (Å²) in [7, 11) is -9.92. The summed E-state index contributed by atoms with van der Waals surface area (Å²) >= 11 is 0. The van der Waals surface area contributed by atoms with Gasteiger partial charge in [0.1, 0.15) is 19.3 Å². The highest BCUT2D eigenvalue weighted by Gasteiger charge is 2.30. The number of carbonyl (C=O) groups excluding carboxylic acids is 4. The summed E-state index contributed by atoms with van der Waals surface area (Å²) in [5.74, 6) is -1.35. The van der Waals surface area contributed by atoms with E-state index in [4.69, 9.17) is 37.0 Å². The van der Waals surface area contributed by atoms with Crippen LogP contribution in [-0.2, 0) is 65.4 Å². The van der Waals surface area contributed by atoms with E-state index in [1.165, 1.54) is 186 Å². The summed E-state index contributed by atoms with van der Waals surface area (Å²) in [4.78, 5) is 72.8. The maximum Gasteiger partial charge on any atom is 0.472 e. The van der Waals surface area contributed by atoms with Gasteiger partial charge in [0.25, 0.3) is 0 Å². The van der Waals surface area contributed by atoms with Crippen molar-refractivity contribution >= 4 is 39.5 Å². The summed E-state index contributed by atoms with van der Waals surface area (Å²) in [6.07, 6.45) is 61.7. The van der Waals surface area contributed by atoms with Gasteiger partial charge < -0.3 is 33.8 Å². The van der Waals surface area contributed by atoms with Crippen molar-refractivity contribution < 1.29 is 80.2 Å². The van der Waals surface area contributed by atoms with Crippen LogP contribution in [0, 0.1) is 5.92 Å². The quantitative estimate of drug-likeness (QED) is 0.0169. The van der Waals surface area contributed by atoms with E-state index < -0.39 is 97.5 Å². The normalized spacial score (nSPS) is 14.1. The summed E-state index contributed by atoms with van der Waals surface area (Å²) in [5.41, 5.74) is 0. The number of rotatable bonds is 75. The Kier molecular flexibility index (Phi) is 67.8. The largest absolute Gasteiger partial charge is 0.472 e. The highest BCUT2D eigenvalue weighted by atomic mass is 31.2. The minimum absolute atomic E-state index is 0.101. The van der Waals surface area contributed by atoms with E-state index in [1.807, 2.05) is 0 Å². The van der Waals surface area contributed by atoms with Gasteiger partial charge in [-0.3, -0.25) is 37.3 Å². The Morgan fingerprint density at radius 2 is 0.562 bits per heavy atom. The first-order valence-electron chi connectivity index (χ1n) is 39.5. The standard InChI is InChI=1S/C77H146O17P2/c1-6-9-12-15-18-21-23-25-27-32-36-41-46-51-56-61-75(80)88-67-73(94-77(82)63-58-53-48-43-38-34-30-29-31-35-40-44-49-54-59-70(4)5)69-92-96(85,86)90-65-71(78)64-89-95(83,84)91-68-72(66-87-74(79)60-55-50-45-39-20-17-14-11-8-3)93-76(81)62-57-52-47-42-37-33-28-26-24-22-19-16-13-10-7-2/h21,23,25,27,70-73,78H,6-20,22,24,26,28-69H2,1-5H3,(H,83,84)(H,85,86)/b23-21-,27-25-/t71-,72+,73+/m0/s1. The molecule has 0 aromatic carbocycles. The molecule has 0 aromatic rings. The van der Waals surface area contributed by atoms with Crippen molar-refractivity contribution in [1.29, 1.82) is 0 Å². The van der Waals surface area contributed by atoms with Crippen LogP contribution in [0.15, 0.2) is 24.3 Å². The van der Waals surface area contributed by atoms with Crippen LogP contribution in [0.2, 0.25) is 0 Å². The lowest BCUT2D eigenvalue weighted by atomic mass is 10.0. The number of aliphatic hydroxyl groups is 1. The van der Waals surface area contributed by atoms with Gasteiger partial charge in [-0.25, -0.2) is 9.13 Å². The van der Waals surface area contributed by atoms with E-state index >= 15 is 0 Å². The van der Waals surface area contributed by atoms with Crippen LogP contribution in [-0.4, -0.2) is 96.7 Å². The molecule has 0 spiro atoms. The van der Waals surface area contributed by atoms with E-state index in [0.29, 0.717) is 25.7 Å². The zero-order valence-electron chi connectivity index (χ0n) is 62.0. The Balaban J connectivity index is 5.27. The lowest BCUT2D eigenvalue weighted by Gasteiger charge is -2.21. The lowest BCUT2D eigenvalue weighted by molar-refractivity contribution is -0.161. The van der Waals surface area contributed by atoms with Crippen LogP contribution in [0.25, 0.3) is 0 Å². The number of unbranched alkanes of at least 4 members (excludes halogenated alkanes) is 44. The number of hydrogen-bond donors (Lipinski definition) is 3. The Bertz CT molecular complexity index is 1930. The number of ether oxygens (including phenoxy) is 4. The molecule has 0 rings (SSSR count). The number of hydrogen-bond acceptors (Lipinski definition) is 15. The number of esters is 4. The van der Waals surface area contributed by atoms with Crippen LogP contribution >= 0.6 is 15.6 Å². The lowest BCUT2D eigenvalue weighted by Crippen LogP contribution is -2.30. The molecule has 2 unspecified atom stereocenters. The first kappa shape index (κ1) is 93.5. The predicted molar refractivity (Wildman–Crippen MR) is 391 cm³/mol. The molecule has 0 bridgehead atoms. The fourth-order valence-electron chi connectivity index (χ4n) is 11.3. The van der Waals surface area contributed by atoms with Gasteiger partial charge in [-0.1, -0.05) is 329 Å². The molecule has 0 aliphatic carbocycles. The SMILES string of the molecule is CCCCCC/C=C\C=C/CCCCCCCC(=O)OC[C@H](COP(=O)(O)OC[C@@H](O)COP(=O)(O)OC[C@@H](COC(=O)CCCCCCCCCCC)OC(=O)CCCCCCCCCCCCCCCCC)OC(=O)CCCCCCCCCCCCCCCCC(C)C. The molecule has 0 radical (unpaired) electrons. The van der Waals surface area contributed by atoms with E-state index in [9.17, 15) is 43.2 Å². The maximum atomic E-state index is 13.1. The summed E-state index contributed by atoms with van der Waals surface area (Å²) in [6, 6.07) is 0. The van der Waals surface area contributed by atoms with Crippen LogP contribution < -0.4 is 0 Å². The number of aliphatic hydroxyl groups excluding tert-OH is 1. The van der Waals surface area contributed by atoms with Crippen molar-refractivity contribution in [3.8, 4) is 0 Å². The van der Waals surface area contributed by atoms with Crippen LogP contribution in [0.3, 0.4) is 0 Å². The Morgan fingerprint density at radius 1 is 0.323 bits per heavy atom. The van der Waals surface area contributed by atoms with Gasteiger partial charge in [-0.05, 0) is 57.3 Å². The predicted octanol–water partition coefficient (Wildman–Crippen LogP) is 22.4. The summed E-state index contributed by atoms with van der Waals surface area (Å²) in [6.45, 7) is 7.24. The van der Waals surface area contributed by atoms with Crippen LogP contribution in [0.4, 0.5) is 0 Å². The minimum atomic E-state index is -4.96. The topological polar surface area (TPSA) is 237 Å². The molecule has 96 heavy (non-hydrogen) atoms. The average Bonchev–Trinajstić information content (AvgIpc) is 1.28. The smallest absolute Gasteiger partial charge is 0.462 e. The van der Waals surface area contributed by atoms with Crippen molar-refractivity contribution in [2.45, 2.75) is 400 Å². The van der Waals surface area contributed by atoms with Gasteiger partial charge in [-0.15, -0.1) is 0 Å². The zero-order valence-corrected chi connectivity index (χ0v) is 63.8. The summed E-state index contributed by atoms with van der Waals surface area (Å²) in [5, 5.41) is 10.6. The number of phosphoric acid groups is 2. The third-order valence-electron chi connectivity index (χ3n) is 17.4. The first-order chi connectivity index (χ1) is 46.5. The molecule has 17 nitrogen and oxygen atoms in total. The Morgan fingerprint density at radius 3 is 0.854 bits per heavy atom. The van der Waals surface area contributed by atoms with Gasteiger partial charge in [0.15, 0.2) is 12.2 Å². The molecular weight excluding hydrogens is 1260 g/mol. The second kappa shape index (κ2) is 69.6. The number of carbonyl (C=O) groups is 4. The van der Waals surface area contributed by atoms with Gasteiger partial charge in [-0.2, -0.15) is 0 Å². The molecule has 0 aromatic heterocycles. The molecule has 566 valence electrons. The van der Waals surface area contributed by atoms with Crippen LogP contribution in [0.5, 0.6) is 0 Å². The van der Waals surface area contributed by atoms with Crippen molar-refractivity contribution in [3.05, 3.63) is 24.3 Å². The molecule has 19 heteroatoms. The van der Waals surface area contributed by atoms with Crippen molar-refractivity contribution in [2.75, 3.05) is 39.6 Å². The molecule has 0 fully saturated rings. The number of allylic oxidation sites excluding steroid dienone is 4. The van der Waals surface area contributed by atoms with E-state index in [1.54, 1.807) is 0 Å². The molecule has 3 N–H and O–H groups in total. The van der Waals surface area contributed by atoms with Gasteiger partial charge in [0, 0.05) is 25.7 Å². The highest BCUT2D eigenvalue weighted by molar-refractivity contribution is 7.47. The van der Waals surface area contributed by atoms with Gasteiger partial charge >= 0.3 is 39.5 Å². The van der Waals surface area contributed by atoms with Crippen molar-refractivity contribution in [3.63, 3.8) is 0 Å². The first-order valence-corrected chi connectivity index (χ1v) is 42.4. The fraction of sp³-hybridized carbons (Fsp3) is 0.896. The second-order valence-electron chi connectivity index (χ2n) is 27.5. The van der Waals surface area contributed by atoms with Gasteiger partial charge in [0.05, 0.1) is 26.4 Å². The van der Waals surface area contributed by atoms with E-state index in [2.05, 4.69) is 58.9 Å². The zero-order chi connectivity index (χ0) is 70.5. The molecule has 0 amide bonds. The Hall–Kier alpha value is -2.46. The molecule has 5 atom stereocenters. The summed E-state index contributed by atoms with van der Waals surface area (Å²) < 4.78 is 68.5. The molecule has 0 saturated carbocycles. The number of phosphoric ester groups is 2. The third-order valence-corrected chi connectivity index (χ3v) is 19.3. The second-order valence-corrected chi connectivity index (χ2v) is 30.4. The van der Waals surface area contributed by atoms with Crippen LogP contribution in [0.1, 0.15) is 381 Å².